The maximum Gasteiger partial charge on any atom is 0.254 e. The smallest absolute Gasteiger partial charge is 0.254 e. The Morgan fingerprint density at radius 3 is 2.28 bits per heavy atom. The van der Waals surface area contributed by atoms with Gasteiger partial charge in [0.1, 0.15) is 11.4 Å². The molecule has 0 spiro atoms. The second kappa shape index (κ2) is 9.40. The topological polar surface area (TPSA) is 56.2 Å². The summed E-state index contributed by atoms with van der Waals surface area (Å²) in [5.41, 5.74) is 0.102. The zero-order valence-electron chi connectivity index (χ0n) is 17.4. The van der Waals surface area contributed by atoms with E-state index in [1.54, 1.807) is 7.11 Å². The lowest BCUT2D eigenvalue weighted by Crippen LogP contribution is -2.54. The molecule has 8 heteroatoms. The Hall–Kier alpha value is -1.05. The fourth-order valence-electron chi connectivity index (χ4n) is 5.22. The van der Waals surface area contributed by atoms with Crippen molar-refractivity contribution in [2.24, 2.45) is 11.8 Å². The molecule has 0 aromatic heterocycles. The van der Waals surface area contributed by atoms with Gasteiger partial charge in [0.05, 0.1) is 7.11 Å². The molecule has 3 aliphatic heterocycles. The molecule has 1 aromatic rings. The van der Waals surface area contributed by atoms with Crippen molar-refractivity contribution < 1.29 is 14.6 Å². The number of hydrogen-bond acceptors (Lipinski definition) is 5. The standard InChI is InChI=1S/C21H31N3O3.2ClH/c1-22-10-8-21(26,9-11-22)20(25)24-13-16-12-23(2)19(18(16)14-24)15-4-6-17(27-3)7-5-15;;/h4-7,16,18-19,26H,8-14H2,1-3H3;2*1H/t16-,18+,19-;;/m0../s1. The molecule has 6 nitrogen and oxygen atoms in total. The Kier molecular flexibility index (Phi) is 7.85. The largest absolute Gasteiger partial charge is 0.497 e. The summed E-state index contributed by atoms with van der Waals surface area (Å²) in [7, 11) is 5.89. The minimum absolute atomic E-state index is 0. The number of halogens is 2. The van der Waals surface area contributed by atoms with E-state index in [4.69, 9.17) is 4.74 Å². The number of rotatable bonds is 3. The molecule has 3 heterocycles. The third-order valence-electron chi connectivity index (χ3n) is 6.85. The Bertz CT molecular complexity index is 695. The van der Waals surface area contributed by atoms with E-state index in [1.165, 1.54) is 5.56 Å². The highest BCUT2D eigenvalue weighted by Gasteiger charge is 2.50. The van der Waals surface area contributed by atoms with E-state index in [-0.39, 0.29) is 30.7 Å². The lowest BCUT2D eigenvalue weighted by molar-refractivity contribution is -0.155. The monoisotopic (exact) mass is 445 g/mol. The van der Waals surface area contributed by atoms with Gasteiger partial charge in [-0.3, -0.25) is 9.69 Å². The van der Waals surface area contributed by atoms with Crippen molar-refractivity contribution in [2.45, 2.75) is 24.5 Å². The number of methoxy groups -OCH3 is 1. The number of ether oxygens (including phenoxy) is 1. The highest BCUT2D eigenvalue weighted by atomic mass is 35.5. The normalized spacial score (nSPS) is 29.0. The molecule has 3 fully saturated rings. The number of hydrogen-bond donors (Lipinski definition) is 1. The van der Waals surface area contributed by atoms with Crippen LogP contribution in [0.5, 0.6) is 5.75 Å². The van der Waals surface area contributed by atoms with E-state index in [0.717, 1.165) is 38.5 Å². The third-order valence-corrected chi connectivity index (χ3v) is 6.85. The molecule has 29 heavy (non-hydrogen) atoms. The maximum atomic E-state index is 13.1. The zero-order valence-corrected chi connectivity index (χ0v) is 19.0. The lowest BCUT2D eigenvalue weighted by atomic mass is 9.89. The van der Waals surface area contributed by atoms with Crippen LogP contribution in [-0.2, 0) is 4.79 Å². The van der Waals surface area contributed by atoms with Gasteiger partial charge in [0, 0.05) is 44.7 Å². The summed E-state index contributed by atoms with van der Waals surface area (Å²) in [5.74, 6) is 1.70. The molecule has 0 aliphatic carbocycles. The molecule has 1 N–H and O–H groups in total. The molecule has 0 saturated carbocycles. The van der Waals surface area contributed by atoms with E-state index < -0.39 is 5.60 Å². The highest BCUT2D eigenvalue weighted by molar-refractivity contribution is 5.86. The first-order chi connectivity index (χ1) is 12.9. The molecule has 0 bridgehead atoms. The number of benzene rings is 1. The van der Waals surface area contributed by atoms with Gasteiger partial charge in [-0.05, 0) is 50.6 Å². The molecule has 3 aliphatic rings. The summed E-state index contributed by atoms with van der Waals surface area (Å²) in [6, 6.07) is 8.60. The van der Waals surface area contributed by atoms with Gasteiger partial charge in [0.2, 0.25) is 0 Å². The minimum Gasteiger partial charge on any atom is -0.497 e. The Morgan fingerprint density at radius 1 is 1.07 bits per heavy atom. The van der Waals surface area contributed by atoms with Crippen LogP contribution >= 0.6 is 24.8 Å². The Morgan fingerprint density at radius 2 is 1.69 bits per heavy atom. The summed E-state index contributed by atoms with van der Waals surface area (Å²) in [6.45, 7) is 4.05. The third kappa shape index (κ3) is 4.52. The molecule has 0 unspecified atom stereocenters. The van der Waals surface area contributed by atoms with Gasteiger partial charge < -0.3 is 19.6 Å². The average molecular weight is 446 g/mol. The van der Waals surface area contributed by atoms with Crippen molar-refractivity contribution in [3.8, 4) is 5.75 Å². The molecule has 3 saturated heterocycles. The molecule has 3 atom stereocenters. The van der Waals surface area contributed by atoms with Crippen LogP contribution in [0, 0.1) is 11.8 Å². The second-order valence-corrected chi connectivity index (χ2v) is 8.63. The van der Waals surface area contributed by atoms with E-state index in [9.17, 15) is 9.90 Å². The van der Waals surface area contributed by atoms with Gasteiger partial charge >= 0.3 is 0 Å². The number of carbonyl (C=O) groups is 1. The van der Waals surface area contributed by atoms with Crippen molar-refractivity contribution in [3.63, 3.8) is 0 Å². The van der Waals surface area contributed by atoms with Gasteiger partial charge in [0.25, 0.3) is 5.91 Å². The average Bonchev–Trinajstić information content (AvgIpc) is 3.20. The zero-order chi connectivity index (χ0) is 19.2. The summed E-state index contributed by atoms with van der Waals surface area (Å²) in [5, 5.41) is 10.9. The number of aliphatic hydroxyl groups is 1. The van der Waals surface area contributed by atoms with Crippen molar-refractivity contribution in [2.75, 3.05) is 53.9 Å². The number of carbonyl (C=O) groups excluding carboxylic acids is 1. The Labute approximate surface area is 186 Å². The molecular formula is C21H33Cl2N3O3. The minimum atomic E-state index is -1.17. The van der Waals surface area contributed by atoms with Crippen LogP contribution in [0.3, 0.4) is 0 Å². The maximum absolute atomic E-state index is 13.1. The molecule has 164 valence electrons. The Balaban J connectivity index is 0.00000150. The summed E-state index contributed by atoms with van der Waals surface area (Å²) < 4.78 is 5.28. The van der Waals surface area contributed by atoms with Crippen LogP contribution in [0.1, 0.15) is 24.4 Å². The number of fused-ring (bicyclic) bond motifs is 1. The quantitative estimate of drug-likeness (QED) is 0.771. The van der Waals surface area contributed by atoms with E-state index in [1.807, 2.05) is 24.1 Å². The molecule has 0 radical (unpaired) electrons. The van der Waals surface area contributed by atoms with Crippen LogP contribution in [0.15, 0.2) is 24.3 Å². The van der Waals surface area contributed by atoms with E-state index >= 15 is 0 Å². The van der Waals surface area contributed by atoms with Crippen molar-refractivity contribution in [3.05, 3.63) is 29.8 Å². The van der Waals surface area contributed by atoms with E-state index in [0.29, 0.717) is 30.7 Å². The summed E-state index contributed by atoms with van der Waals surface area (Å²) in [4.78, 5) is 19.6. The SMILES string of the molecule is COc1ccc([C@H]2[C@@H]3CN(C(=O)C4(O)CCN(C)CC4)C[C@@H]3CN2C)cc1.Cl.Cl. The summed E-state index contributed by atoms with van der Waals surface area (Å²) in [6.07, 6.45) is 1.08. The molecule has 1 amide bonds. The van der Waals surface area contributed by atoms with Gasteiger partial charge in [-0.2, -0.15) is 0 Å². The number of amides is 1. The first-order valence-electron chi connectivity index (χ1n) is 9.96. The summed E-state index contributed by atoms with van der Waals surface area (Å²) >= 11 is 0. The predicted octanol–water partition coefficient (Wildman–Crippen LogP) is 2.06. The van der Waals surface area contributed by atoms with Gasteiger partial charge in [0.15, 0.2) is 0 Å². The van der Waals surface area contributed by atoms with E-state index in [2.05, 4.69) is 29.0 Å². The number of nitrogens with zero attached hydrogens (tertiary/aromatic N) is 3. The van der Waals surface area contributed by atoms with Gasteiger partial charge in [-0.15, -0.1) is 24.8 Å². The van der Waals surface area contributed by atoms with Crippen molar-refractivity contribution in [1.82, 2.24) is 14.7 Å². The first kappa shape index (κ1) is 24.2. The van der Waals surface area contributed by atoms with Crippen molar-refractivity contribution >= 4 is 30.7 Å². The number of piperidine rings is 1. The number of likely N-dealkylation sites (tertiary alicyclic amines) is 3. The van der Waals surface area contributed by atoms with Crippen molar-refractivity contribution in [1.29, 1.82) is 0 Å². The van der Waals surface area contributed by atoms with Crippen LogP contribution in [0.2, 0.25) is 0 Å². The van der Waals surface area contributed by atoms with Gasteiger partial charge in [-0.25, -0.2) is 0 Å². The predicted molar refractivity (Wildman–Crippen MR) is 118 cm³/mol. The fraction of sp³-hybridized carbons (Fsp3) is 0.667. The van der Waals surface area contributed by atoms with Crippen LogP contribution < -0.4 is 4.74 Å². The van der Waals surface area contributed by atoms with Crippen LogP contribution in [0.25, 0.3) is 0 Å². The molecular weight excluding hydrogens is 413 g/mol. The fourth-order valence-corrected chi connectivity index (χ4v) is 5.22. The highest BCUT2D eigenvalue weighted by Crippen LogP contribution is 2.45. The lowest BCUT2D eigenvalue weighted by Gasteiger charge is -2.38. The molecule has 1 aromatic carbocycles. The van der Waals surface area contributed by atoms with Crippen LogP contribution in [-0.4, -0.2) is 85.2 Å². The first-order valence-corrected chi connectivity index (χ1v) is 9.96. The second-order valence-electron chi connectivity index (χ2n) is 8.63. The van der Waals surface area contributed by atoms with Gasteiger partial charge in [-0.1, -0.05) is 12.1 Å². The van der Waals surface area contributed by atoms with Crippen LogP contribution in [0.4, 0.5) is 0 Å². The molecule has 4 rings (SSSR count).